The van der Waals surface area contributed by atoms with Gasteiger partial charge in [-0.1, -0.05) is 24.3 Å². The van der Waals surface area contributed by atoms with E-state index in [1.54, 1.807) is 0 Å². The maximum Gasteiger partial charge on any atom is 0.243 e. The SMILES string of the molecule is Cc1ccccc1NC(=O)CNc1ccc2c(c1)CCC2. The number of benzene rings is 2. The van der Waals surface area contributed by atoms with Crippen LogP contribution in [0, 0.1) is 6.92 Å². The first kappa shape index (κ1) is 13.7. The summed E-state index contributed by atoms with van der Waals surface area (Å²) in [7, 11) is 0. The van der Waals surface area contributed by atoms with E-state index >= 15 is 0 Å². The van der Waals surface area contributed by atoms with E-state index in [9.17, 15) is 4.79 Å². The molecule has 1 aliphatic carbocycles. The average molecular weight is 280 g/mol. The third-order valence-corrected chi connectivity index (χ3v) is 3.97. The van der Waals surface area contributed by atoms with Crippen molar-refractivity contribution in [2.45, 2.75) is 26.2 Å². The van der Waals surface area contributed by atoms with Crippen LogP contribution in [0.1, 0.15) is 23.1 Å². The van der Waals surface area contributed by atoms with E-state index in [0.717, 1.165) is 23.4 Å². The van der Waals surface area contributed by atoms with E-state index in [1.165, 1.54) is 24.0 Å². The summed E-state index contributed by atoms with van der Waals surface area (Å²) in [6.45, 7) is 2.27. The molecule has 0 bridgehead atoms. The molecule has 0 spiro atoms. The minimum Gasteiger partial charge on any atom is -0.376 e. The van der Waals surface area contributed by atoms with Crippen molar-refractivity contribution in [3.05, 3.63) is 59.2 Å². The van der Waals surface area contributed by atoms with Crippen LogP contribution in [0.3, 0.4) is 0 Å². The van der Waals surface area contributed by atoms with Gasteiger partial charge in [0.25, 0.3) is 0 Å². The van der Waals surface area contributed by atoms with Gasteiger partial charge >= 0.3 is 0 Å². The molecular weight excluding hydrogens is 260 g/mol. The molecule has 0 radical (unpaired) electrons. The monoisotopic (exact) mass is 280 g/mol. The lowest BCUT2D eigenvalue weighted by molar-refractivity contribution is -0.114. The molecule has 3 heteroatoms. The molecule has 2 aromatic carbocycles. The number of aryl methyl sites for hydroxylation is 3. The second-order valence-corrected chi connectivity index (χ2v) is 5.55. The highest BCUT2D eigenvalue weighted by molar-refractivity contribution is 5.94. The smallest absolute Gasteiger partial charge is 0.243 e. The van der Waals surface area contributed by atoms with Crippen molar-refractivity contribution in [2.75, 3.05) is 17.2 Å². The highest BCUT2D eigenvalue weighted by atomic mass is 16.1. The second kappa shape index (κ2) is 6.00. The second-order valence-electron chi connectivity index (χ2n) is 5.55. The van der Waals surface area contributed by atoms with Gasteiger partial charge in [-0.3, -0.25) is 4.79 Å². The quantitative estimate of drug-likeness (QED) is 0.899. The Labute approximate surface area is 125 Å². The van der Waals surface area contributed by atoms with E-state index in [1.807, 2.05) is 31.2 Å². The van der Waals surface area contributed by atoms with Crippen LogP contribution in [0.25, 0.3) is 0 Å². The number of anilines is 2. The van der Waals surface area contributed by atoms with Gasteiger partial charge in [0.05, 0.1) is 6.54 Å². The van der Waals surface area contributed by atoms with Crippen LogP contribution < -0.4 is 10.6 Å². The average Bonchev–Trinajstić information content (AvgIpc) is 2.95. The lowest BCUT2D eigenvalue weighted by Gasteiger charge is -2.10. The molecule has 108 valence electrons. The van der Waals surface area contributed by atoms with E-state index < -0.39 is 0 Å². The van der Waals surface area contributed by atoms with Gasteiger partial charge in [0, 0.05) is 11.4 Å². The molecule has 2 N–H and O–H groups in total. The van der Waals surface area contributed by atoms with Gasteiger partial charge in [-0.2, -0.15) is 0 Å². The molecule has 3 nitrogen and oxygen atoms in total. The summed E-state index contributed by atoms with van der Waals surface area (Å²) in [5.41, 5.74) is 5.83. The number of nitrogens with one attached hydrogen (secondary N) is 2. The minimum absolute atomic E-state index is 0.0233. The van der Waals surface area contributed by atoms with Gasteiger partial charge < -0.3 is 10.6 Å². The van der Waals surface area contributed by atoms with Crippen molar-refractivity contribution < 1.29 is 4.79 Å². The molecule has 0 fully saturated rings. The van der Waals surface area contributed by atoms with Crippen molar-refractivity contribution in [3.8, 4) is 0 Å². The van der Waals surface area contributed by atoms with Crippen molar-refractivity contribution in [1.82, 2.24) is 0 Å². The molecule has 2 aromatic rings. The van der Waals surface area contributed by atoms with Crippen LogP contribution in [0.4, 0.5) is 11.4 Å². The zero-order valence-corrected chi connectivity index (χ0v) is 12.3. The molecule has 1 aliphatic rings. The number of amides is 1. The predicted octanol–water partition coefficient (Wildman–Crippen LogP) is 3.53. The first-order chi connectivity index (χ1) is 10.2. The summed E-state index contributed by atoms with van der Waals surface area (Å²) in [5.74, 6) is -0.0233. The Hall–Kier alpha value is -2.29. The highest BCUT2D eigenvalue weighted by Crippen LogP contribution is 2.24. The highest BCUT2D eigenvalue weighted by Gasteiger charge is 2.11. The Morgan fingerprint density at radius 3 is 2.76 bits per heavy atom. The Kier molecular flexibility index (Phi) is 3.91. The molecule has 0 saturated heterocycles. The number of carbonyl (C=O) groups is 1. The molecule has 1 amide bonds. The summed E-state index contributed by atoms with van der Waals surface area (Å²) >= 11 is 0. The first-order valence-corrected chi connectivity index (χ1v) is 7.43. The van der Waals surface area contributed by atoms with Crippen LogP contribution in [0.15, 0.2) is 42.5 Å². The summed E-state index contributed by atoms with van der Waals surface area (Å²) < 4.78 is 0. The number of hydrogen-bond acceptors (Lipinski definition) is 2. The molecule has 0 heterocycles. The molecular formula is C18H20N2O. The van der Waals surface area contributed by atoms with E-state index in [-0.39, 0.29) is 12.5 Å². The largest absolute Gasteiger partial charge is 0.376 e. The maximum atomic E-state index is 12.0. The first-order valence-electron chi connectivity index (χ1n) is 7.43. The van der Waals surface area contributed by atoms with Gasteiger partial charge in [-0.05, 0) is 61.1 Å². The van der Waals surface area contributed by atoms with Crippen LogP contribution in [-0.4, -0.2) is 12.5 Å². The Balaban J connectivity index is 1.58. The third kappa shape index (κ3) is 3.24. The van der Waals surface area contributed by atoms with Crippen molar-refractivity contribution >= 4 is 17.3 Å². The van der Waals surface area contributed by atoms with Gasteiger partial charge in [-0.25, -0.2) is 0 Å². The molecule has 0 aromatic heterocycles. The van der Waals surface area contributed by atoms with Crippen LogP contribution in [0.2, 0.25) is 0 Å². The summed E-state index contributed by atoms with van der Waals surface area (Å²) in [4.78, 5) is 12.0. The molecule has 3 rings (SSSR count). The number of fused-ring (bicyclic) bond motifs is 1. The standard InChI is InChI=1S/C18H20N2O/c1-13-5-2-3-8-17(13)20-18(21)12-19-16-10-9-14-6-4-7-15(14)11-16/h2-3,5,8-11,19H,4,6-7,12H2,1H3,(H,20,21). The minimum atomic E-state index is -0.0233. The summed E-state index contributed by atoms with van der Waals surface area (Å²) in [6, 6.07) is 14.2. The van der Waals surface area contributed by atoms with Crippen molar-refractivity contribution in [2.24, 2.45) is 0 Å². The third-order valence-electron chi connectivity index (χ3n) is 3.97. The lowest BCUT2D eigenvalue weighted by atomic mass is 10.1. The lowest BCUT2D eigenvalue weighted by Crippen LogP contribution is -2.22. The van der Waals surface area contributed by atoms with Crippen LogP contribution in [-0.2, 0) is 17.6 Å². The molecule has 21 heavy (non-hydrogen) atoms. The van der Waals surface area contributed by atoms with Gasteiger partial charge in [-0.15, -0.1) is 0 Å². The van der Waals surface area contributed by atoms with Crippen LogP contribution in [0.5, 0.6) is 0 Å². The zero-order chi connectivity index (χ0) is 14.7. The fourth-order valence-corrected chi connectivity index (χ4v) is 2.77. The fourth-order valence-electron chi connectivity index (χ4n) is 2.77. The Morgan fingerprint density at radius 2 is 1.90 bits per heavy atom. The summed E-state index contributed by atoms with van der Waals surface area (Å²) in [6.07, 6.45) is 3.58. The summed E-state index contributed by atoms with van der Waals surface area (Å²) in [5, 5.41) is 6.13. The molecule has 0 atom stereocenters. The van der Waals surface area contributed by atoms with Gasteiger partial charge in [0.15, 0.2) is 0 Å². The van der Waals surface area contributed by atoms with Gasteiger partial charge in [0.2, 0.25) is 5.91 Å². The molecule has 0 unspecified atom stereocenters. The maximum absolute atomic E-state index is 12.0. The van der Waals surface area contributed by atoms with Gasteiger partial charge in [0.1, 0.15) is 0 Å². The number of para-hydroxylation sites is 1. The molecule has 0 saturated carbocycles. The van der Waals surface area contributed by atoms with E-state index in [2.05, 4.69) is 28.8 Å². The molecule has 0 aliphatic heterocycles. The van der Waals surface area contributed by atoms with E-state index in [4.69, 9.17) is 0 Å². The topological polar surface area (TPSA) is 41.1 Å². The normalized spacial score (nSPS) is 12.8. The number of hydrogen-bond donors (Lipinski definition) is 2. The Morgan fingerprint density at radius 1 is 1.10 bits per heavy atom. The zero-order valence-electron chi connectivity index (χ0n) is 12.3. The van der Waals surface area contributed by atoms with Crippen molar-refractivity contribution in [1.29, 1.82) is 0 Å². The number of rotatable bonds is 4. The Bertz CT molecular complexity index is 664. The predicted molar refractivity (Wildman–Crippen MR) is 86.8 cm³/mol. The van der Waals surface area contributed by atoms with Crippen LogP contribution >= 0.6 is 0 Å². The fraction of sp³-hybridized carbons (Fsp3) is 0.278. The van der Waals surface area contributed by atoms with E-state index in [0.29, 0.717) is 0 Å². The number of carbonyl (C=O) groups excluding carboxylic acids is 1. The van der Waals surface area contributed by atoms with Crippen molar-refractivity contribution in [3.63, 3.8) is 0 Å².